The minimum Gasteiger partial charge on any atom is -0.381 e. The van der Waals surface area contributed by atoms with Crippen LogP contribution in [0.25, 0.3) is 0 Å². The molecule has 1 fully saturated rings. The summed E-state index contributed by atoms with van der Waals surface area (Å²) in [7, 11) is 1.86. The monoisotopic (exact) mass is 285 g/mol. The second kappa shape index (κ2) is 9.75. The third kappa shape index (κ3) is 8.93. The SMILES string of the molecule is CO[C@H](CCCCN1CCOCC1)CCCC(C)(C)C. The van der Waals surface area contributed by atoms with Gasteiger partial charge in [0.2, 0.25) is 0 Å². The minimum absolute atomic E-state index is 0.453. The maximum Gasteiger partial charge on any atom is 0.0594 e. The van der Waals surface area contributed by atoms with Gasteiger partial charge in [0.1, 0.15) is 0 Å². The van der Waals surface area contributed by atoms with Crippen molar-refractivity contribution >= 4 is 0 Å². The number of hydrogen-bond donors (Lipinski definition) is 0. The smallest absolute Gasteiger partial charge is 0.0594 e. The summed E-state index contributed by atoms with van der Waals surface area (Å²) in [4.78, 5) is 2.52. The Balaban J connectivity index is 2.02. The lowest BCUT2D eigenvalue weighted by Crippen LogP contribution is -2.36. The van der Waals surface area contributed by atoms with Crippen molar-refractivity contribution in [2.45, 2.75) is 65.4 Å². The van der Waals surface area contributed by atoms with E-state index < -0.39 is 0 Å². The van der Waals surface area contributed by atoms with Gasteiger partial charge in [-0.25, -0.2) is 0 Å². The molecule has 0 spiro atoms. The van der Waals surface area contributed by atoms with Gasteiger partial charge >= 0.3 is 0 Å². The van der Waals surface area contributed by atoms with Crippen molar-refractivity contribution in [3.05, 3.63) is 0 Å². The summed E-state index contributed by atoms with van der Waals surface area (Å²) >= 11 is 0. The van der Waals surface area contributed by atoms with Crippen molar-refractivity contribution in [2.75, 3.05) is 40.0 Å². The fourth-order valence-corrected chi connectivity index (χ4v) is 2.77. The Morgan fingerprint density at radius 1 is 1.05 bits per heavy atom. The van der Waals surface area contributed by atoms with Crippen LogP contribution >= 0.6 is 0 Å². The van der Waals surface area contributed by atoms with E-state index in [1.54, 1.807) is 0 Å². The van der Waals surface area contributed by atoms with Crippen LogP contribution in [0.4, 0.5) is 0 Å². The van der Waals surface area contributed by atoms with Crippen LogP contribution in [0, 0.1) is 5.41 Å². The zero-order valence-electron chi connectivity index (χ0n) is 14.1. The molecule has 1 saturated heterocycles. The molecule has 1 rings (SSSR count). The lowest BCUT2D eigenvalue weighted by molar-refractivity contribution is 0.0357. The molecule has 0 radical (unpaired) electrons. The van der Waals surface area contributed by atoms with Crippen molar-refractivity contribution < 1.29 is 9.47 Å². The summed E-state index contributed by atoms with van der Waals surface area (Å²) in [5.41, 5.74) is 0.453. The van der Waals surface area contributed by atoms with Gasteiger partial charge in [0, 0.05) is 20.2 Å². The molecule has 0 aromatic heterocycles. The van der Waals surface area contributed by atoms with Crippen LogP contribution in [0.3, 0.4) is 0 Å². The first kappa shape index (κ1) is 17.9. The molecule has 1 heterocycles. The van der Waals surface area contributed by atoms with Gasteiger partial charge < -0.3 is 9.47 Å². The fourth-order valence-electron chi connectivity index (χ4n) is 2.77. The summed E-state index contributed by atoms with van der Waals surface area (Å²) in [6, 6.07) is 0. The highest BCUT2D eigenvalue weighted by Crippen LogP contribution is 2.23. The van der Waals surface area contributed by atoms with Crippen molar-refractivity contribution in [1.29, 1.82) is 0 Å². The van der Waals surface area contributed by atoms with Gasteiger partial charge in [-0.05, 0) is 44.1 Å². The summed E-state index contributed by atoms with van der Waals surface area (Å²) in [5.74, 6) is 0. The number of nitrogens with zero attached hydrogens (tertiary/aromatic N) is 1. The van der Waals surface area contributed by atoms with Crippen LogP contribution in [0.15, 0.2) is 0 Å². The Labute approximate surface area is 126 Å². The standard InChI is InChI=1S/C17H35NO2/c1-17(2,3)10-7-9-16(19-4)8-5-6-11-18-12-14-20-15-13-18/h16H,5-15H2,1-4H3/t16-/m1/s1. The van der Waals surface area contributed by atoms with Crippen LogP contribution in [0.5, 0.6) is 0 Å². The molecule has 120 valence electrons. The van der Waals surface area contributed by atoms with Crippen molar-refractivity contribution in [2.24, 2.45) is 5.41 Å². The number of ether oxygens (including phenoxy) is 2. The molecule has 0 N–H and O–H groups in total. The lowest BCUT2D eigenvalue weighted by atomic mass is 9.89. The van der Waals surface area contributed by atoms with Gasteiger partial charge in [0.15, 0.2) is 0 Å². The second-order valence-electron chi connectivity index (χ2n) is 7.26. The average molecular weight is 285 g/mol. The molecule has 1 atom stereocenters. The highest BCUT2D eigenvalue weighted by atomic mass is 16.5. The molecule has 1 aliphatic rings. The lowest BCUT2D eigenvalue weighted by Gasteiger charge is -2.26. The number of hydrogen-bond acceptors (Lipinski definition) is 3. The summed E-state index contributed by atoms with van der Waals surface area (Å²) < 4.78 is 11.0. The first-order chi connectivity index (χ1) is 9.51. The van der Waals surface area contributed by atoms with Gasteiger partial charge in [-0.3, -0.25) is 4.90 Å². The van der Waals surface area contributed by atoms with E-state index in [-0.39, 0.29) is 0 Å². The quantitative estimate of drug-likeness (QED) is 0.603. The molecule has 3 heteroatoms. The van der Waals surface area contributed by atoms with E-state index in [0.717, 1.165) is 26.3 Å². The molecule has 0 unspecified atom stereocenters. The Hall–Kier alpha value is -0.120. The molecule has 3 nitrogen and oxygen atoms in total. The second-order valence-corrected chi connectivity index (χ2v) is 7.26. The average Bonchev–Trinajstić information content (AvgIpc) is 2.41. The Morgan fingerprint density at radius 2 is 1.70 bits per heavy atom. The first-order valence-electron chi connectivity index (χ1n) is 8.34. The largest absolute Gasteiger partial charge is 0.381 e. The first-order valence-corrected chi connectivity index (χ1v) is 8.34. The molecule has 0 aliphatic carbocycles. The van der Waals surface area contributed by atoms with Gasteiger partial charge in [0.05, 0.1) is 19.3 Å². The van der Waals surface area contributed by atoms with Crippen molar-refractivity contribution in [3.63, 3.8) is 0 Å². The van der Waals surface area contributed by atoms with Crippen LogP contribution in [0.2, 0.25) is 0 Å². The Morgan fingerprint density at radius 3 is 2.30 bits per heavy atom. The van der Waals surface area contributed by atoms with Gasteiger partial charge in [-0.1, -0.05) is 27.2 Å². The van der Waals surface area contributed by atoms with Crippen molar-refractivity contribution in [1.82, 2.24) is 4.90 Å². The van der Waals surface area contributed by atoms with E-state index in [1.165, 1.54) is 45.1 Å². The summed E-state index contributed by atoms with van der Waals surface area (Å²) in [5, 5.41) is 0. The Kier molecular flexibility index (Phi) is 8.74. The highest BCUT2D eigenvalue weighted by molar-refractivity contribution is 4.66. The fraction of sp³-hybridized carbons (Fsp3) is 1.00. The normalized spacial score (nSPS) is 19.2. The molecular formula is C17H35NO2. The third-order valence-electron chi connectivity index (χ3n) is 4.14. The van der Waals surface area contributed by atoms with E-state index >= 15 is 0 Å². The molecule has 0 aromatic rings. The number of unbranched alkanes of at least 4 members (excludes halogenated alkanes) is 1. The zero-order chi connectivity index (χ0) is 14.8. The zero-order valence-corrected chi connectivity index (χ0v) is 14.1. The van der Waals surface area contributed by atoms with Crippen LogP contribution in [0.1, 0.15) is 59.3 Å². The maximum absolute atomic E-state index is 5.62. The third-order valence-corrected chi connectivity index (χ3v) is 4.14. The highest BCUT2D eigenvalue weighted by Gasteiger charge is 2.13. The number of rotatable bonds is 9. The van der Waals surface area contributed by atoms with Gasteiger partial charge in [0.25, 0.3) is 0 Å². The van der Waals surface area contributed by atoms with Crippen LogP contribution in [-0.4, -0.2) is 51.0 Å². The summed E-state index contributed by atoms with van der Waals surface area (Å²) in [6.45, 7) is 12.2. The molecule has 1 aliphatic heterocycles. The molecule has 0 saturated carbocycles. The molecular weight excluding hydrogens is 250 g/mol. The molecule has 0 amide bonds. The van der Waals surface area contributed by atoms with Crippen LogP contribution in [-0.2, 0) is 9.47 Å². The van der Waals surface area contributed by atoms with E-state index in [2.05, 4.69) is 25.7 Å². The summed E-state index contributed by atoms with van der Waals surface area (Å²) in [6.07, 6.45) is 8.04. The van der Waals surface area contributed by atoms with Crippen LogP contribution < -0.4 is 0 Å². The topological polar surface area (TPSA) is 21.7 Å². The van der Waals surface area contributed by atoms with Gasteiger partial charge in [-0.15, -0.1) is 0 Å². The molecule has 0 bridgehead atoms. The van der Waals surface area contributed by atoms with Gasteiger partial charge in [-0.2, -0.15) is 0 Å². The Bertz CT molecular complexity index is 232. The maximum atomic E-state index is 5.62. The molecule has 0 aromatic carbocycles. The van der Waals surface area contributed by atoms with E-state index in [4.69, 9.17) is 9.47 Å². The predicted octanol–water partition coefficient (Wildman–Crippen LogP) is 3.72. The minimum atomic E-state index is 0.453. The predicted molar refractivity (Wildman–Crippen MR) is 85.2 cm³/mol. The van der Waals surface area contributed by atoms with Crippen molar-refractivity contribution in [3.8, 4) is 0 Å². The number of morpholine rings is 1. The molecule has 20 heavy (non-hydrogen) atoms. The van der Waals surface area contributed by atoms with E-state index in [9.17, 15) is 0 Å². The van der Waals surface area contributed by atoms with E-state index in [0.29, 0.717) is 11.5 Å². The van der Waals surface area contributed by atoms with E-state index in [1.807, 2.05) is 7.11 Å². The number of methoxy groups -OCH3 is 1.